The van der Waals surface area contributed by atoms with Crippen LogP contribution in [0.2, 0.25) is 0 Å². The van der Waals surface area contributed by atoms with Gasteiger partial charge >= 0.3 is 0 Å². The molecule has 0 unspecified atom stereocenters. The van der Waals surface area contributed by atoms with E-state index in [1.165, 1.54) is 4.68 Å². The Kier molecular flexibility index (Phi) is 4.38. The smallest absolute Gasteiger partial charge is 0.279 e. The largest absolute Gasteiger partial charge is 0.332 e. The summed E-state index contributed by atoms with van der Waals surface area (Å²) in [6.45, 7) is 3.82. The molecule has 0 bridgehead atoms. The number of hydrogen-bond acceptors (Lipinski definition) is 6. The molecule has 1 aromatic carbocycles. The molecule has 0 aliphatic heterocycles. The van der Waals surface area contributed by atoms with Gasteiger partial charge in [-0.3, -0.25) is 4.79 Å². The van der Waals surface area contributed by atoms with Crippen LogP contribution in [0.15, 0.2) is 33.6 Å². The minimum absolute atomic E-state index is 0. The van der Waals surface area contributed by atoms with Crippen LogP contribution in [0.1, 0.15) is 45.0 Å². The average molecular weight is 362 g/mol. The van der Waals surface area contributed by atoms with Gasteiger partial charge in [-0.1, -0.05) is 23.4 Å². The van der Waals surface area contributed by atoms with Crippen molar-refractivity contribution in [1.82, 2.24) is 19.9 Å². The van der Waals surface area contributed by atoms with E-state index in [1.807, 2.05) is 32.0 Å². The van der Waals surface area contributed by atoms with Gasteiger partial charge in [-0.15, -0.1) is 12.4 Å². The molecule has 132 valence electrons. The van der Waals surface area contributed by atoms with E-state index in [-0.39, 0.29) is 24.0 Å². The summed E-state index contributed by atoms with van der Waals surface area (Å²) in [4.78, 5) is 17.1. The molecule has 8 heteroatoms. The van der Waals surface area contributed by atoms with Crippen LogP contribution < -0.4 is 11.3 Å². The van der Waals surface area contributed by atoms with Crippen molar-refractivity contribution in [3.63, 3.8) is 0 Å². The first kappa shape index (κ1) is 17.6. The monoisotopic (exact) mass is 361 g/mol. The van der Waals surface area contributed by atoms with Gasteiger partial charge in [0.2, 0.25) is 0 Å². The quantitative estimate of drug-likeness (QED) is 0.769. The molecule has 4 rings (SSSR count). The lowest BCUT2D eigenvalue weighted by Gasteiger charge is -2.34. The molecule has 7 nitrogen and oxygen atoms in total. The van der Waals surface area contributed by atoms with Gasteiger partial charge in [-0.2, -0.15) is 10.1 Å². The first-order valence-corrected chi connectivity index (χ1v) is 8.14. The molecular formula is C17H20ClN5O2. The molecule has 1 fully saturated rings. The number of rotatable bonds is 3. The van der Waals surface area contributed by atoms with E-state index in [1.54, 1.807) is 6.07 Å². The maximum Gasteiger partial charge on any atom is 0.279 e. The molecule has 2 heterocycles. The maximum absolute atomic E-state index is 12.6. The Morgan fingerprint density at radius 1 is 1.24 bits per heavy atom. The van der Waals surface area contributed by atoms with E-state index in [2.05, 4.69) is 15.2 Å². The van der Waals surface area contributed by atoms with Crippen LogP contribution >= 0.6 is 12.4 Å². The predicted molar refractivity (Wildman–Crippen MR) is 96.6 cm³/mol. The second kappa shape index (κ2) is 6.24. The van der Waals surface area contributed by atoms with Crippen molar-refractivity contribution in [3.05, 3.63) is 40.4 Å². The van der Waals surface area contributed by atoms with Gasteiger partial charge in [0.25, 0.3) is 11.4 Å². The summed E-state index contributed by atoms with van der Waals surface area (Å²) in [6, 6.07) is 7.25. The van der Waals surface area contributed by atoms with E-state index in [0.29, 0.717) is 28.2 Å². The number of nitrogens with zero attached hydrogens (tertiary/aromatic N) is 4. The minimum Gasteiger partial charge on any atom is -0.332 e. The Morgan fingerprint density at radius 3 is 2.52 bits per heavy atom. The van der Waals surface area contributed by atoms with Gasteiger partial charge in [-0.25, -0.2) is 4.68 Å². The van der Waals surface area contributed by atoms with Crippen LogP contribution in [0.5, 0.6) is 0 Å². The van der Waals surface area contributed by atoms with Gasteiger partial charge in [0.1, 0.15) is 0 Å². The zero-order valence-corrected chi connectivity index (χ0v) is 14.9. The normalized spacial score (nSPS) is 15.8. The fourth-order valence-corrected chi connectivity index (χ4v) is 3.02. The first-order valence-electron chi connectivity index (χ1n) is 8.14. The van der Waals surface area contributed by atoms with Crippen molar-refractivity contribution in [2.75, 3.05) is 0 Å². The molecule has 1 aliphatic rings. The van der Waals surface area contributed by atoms with Gasteiger partial charge in [-0.05, 0) is 39.2 Å². The third kappa shape index (κ3) is 2.73. The summed E-state index contributed by atoms with van der Waals surface area (Å²) in [5.41, 5.74) is 6.16. The Hall–Kier alpha value is -2.25. The number of fused-ring (bicyclic) bond motifs is 1. The van der Waals surface area contributed by atoms with Crippen molar-refractivity contribution in [3.8, 4) is 11.6 Å². The van der Waals surface area contributed by atoms with Crippen molar-refractivity contribution in [1.29, 1.82) is 0 Å². The minimum atomic E-state index is -0.496. The molecule has 3 aromatic rings. The number of aromatic nitrogens is 4. The lowest BCUT2D eigenvalue weighted by molar-refractivity contribution is 0.229. The molecule has 2 aromatic heterocycles. The molecule has 25 heavy (non-hydrogen) atoms. The molecule has 1 aliphatic carbocycles. The highest BCUT2D eigenvalue weighted by atomic mass is 35.5. The van der Waals surface area contributed by atoms with E-state index < -0.39 is 5.54 Å². The van der Waals surface area contributed by atoms with E-state index in [4.69, 9.17) is 10.3 Å². The van der Waals surface area contributed by atoms with Crippen LogP contribution in [0.4, 0.5) is 0 Å². The fraction of sp³-hybridized carbons (Fsp3) is 0.412. The van der Waals surface area contributed by atoms with Crippen molar-refractivity contribution in [2.45, 2.75) is 44.7 Å². The summed E-state index contributed by atoms with van der Waals surface area (Å²) in [5.74, 6) is 0.809. The zero-order chi connectivity index (χ0) is 16.9. The standard InChI is InChI=1S/C17H19N5O2.ClH/c1-10(2)22-15(23)12-7-4-3-6-11(12)13(20-22)14-19-16(21-24-14)17(18)8-5-9-17;/h3-4,6-7,10H,5,8-9,18H2,1-2H3;1H. The van der Waals surface area contributed by atoms with E-state index in [0.717, 1.165) is 19.3 Å². The highest BCUT2D eigenvalue weighted by Crippen LogP contribution is 2.37. The third-order valence-corrected chi connectivity index (χ3v) is 4.64. The van der Waals surface area contributed by atoms with Gasteiger partial charge < -0.3 is 10.3 Å². The molecule has 0 amide bonds. The van der Waals surface area contributed by atoms with Crippen molar-refractivity contribution < 1.29 is 4.52 Å². The van der Waals surface area contributed by atoms with E-state index in [9.17, 15) is 4.79 Å². The predicted octanol–water partition coefficient (Wildman–Crippen LogP) is 2.79. The highest BCUT2D eigenvalue weighted by molar-refractivity contribution is 5.91. The summed E-state index contributed by atoms with van der Waals surface area (Å²) in [6.07, 6.45) is 2.77. The molecule has 0 atom stereocenters. The summed E-state index contributed by atoms with van der Waals surface area (Å²) in [7, 11) is 0. The zero-order valence-electron chi connectivity index (χ0n) is 14.1. The van der Waals surface area contributed by atoms with Crippen LogP contribution in [0.3, 0.4) is 0 Å². The van der Waals surface area contributed by atoms with Crippen molar-refractivity contribution >= 4 is 23.2 Å². The van der Waals surface area contributed by atoms with Crippen LogP contribution in [0.25, 0.3) is 22.4 Å². The van der Waals surface area contributed by atoms with Crippen LogP contribution in [0, 0.1) is 0 Å². The Balaban J connectivity index is 0.00000182. The third-order valence-electron chi connectivity index (χ3n) is 4.64. The van der Waals surface area contributed by atoms with Gasteiger partial charge in [0.05, 0.1) is 17.0 Å². The fourth-order valence-electron chi connectivity index (χ4n) is 3.02. The summed E-state index contributed by atoms with van der Waals surface area (Å²) >= 11 is 0. The van der Waals surface area contributed by atoms with Crippen molar-refractivity contribution in [2.24, 2.45) is 5.73 Å². The molecule has 2 N–H and O–H groups in total. The SMILES string of the molecule is CC(C)n1nc(-c2nc(C3(N)CCC3)no2)c2ccccc2c1=O.Cl. The lowest BCUT2D eigenvalue weighted by Crippen LogP contribution is -2.44. The van der Waals surface area contributed by atoms with Crippen LogP contribution in [-0.2, 0) is 5.54 Å². The number of benzene rings is 1. The summed E-state index contributed by atoms with van der Waals surface area (Å²) < 4.78 is 6.88. The topological polar surface area (TPSA) is 99.8 Å². The Bertz CT molecular complexity index is 975. The molecule has 1 saturated carbocycles. The highest BCUT2D eigenvalue weighted by Gasteiger charge is 2.39. The Labute approximate surface area is 150 Å². The molecule has 0 radical (unpaired) electrons. The second-order valence-corrected chi connectivity index (χ2v) is 6.67. The Morgan fingerprint density at radius 2 is 1.92 bits per heavy atom. The second-order valence-electron chi connectivity index (χ2n) is 6.67. The average Bonchev–Trinajstić information content (AvgIpc) is 3.03. The molecular weight excluding hydrogens is 342 g/mol. The lowest BCUT2D eigenvalue weighted by atomic mass is 9.77. The maximum atomic E-state index is 12.6. The summed E-state index contributed by atoms with van der Waals surface area (Å²) in [5, 5.41) is 9.82. The first-order chi connectivity index (χ1) is 11.5. The van der Waals surface area contributed by atoms with Crippen LogP contribution in [-0.4, -0.2) is 19.9 Å². The van der Waals surface area contributed by atoms with Gasteiger partial charge in [0.15, 0.2) is 11.5 Å². The number of hydrogen-bond donors (Lipinski definition) is 1. The molecule has 0 spiro atoms. The molecule has 0 saturated heterocycles. The van der Waals surface area contributed by atoms with Gasteiger partial charge in [0, 0.05) is 5.39 Å². The van der Waals surface area contributed by atoms with E-state index >= 15 is 0 Å². The number of nitrogens with two attached hydrogens (primary N) is 1. The number of halogens is 1.